The van der Waals surface area contributed by atoms with Crippen molar-refractivity contribution >= 4 is 11.7 Å². The average Bonchev–Trinajstić information content (AvgIpc) is 2.61. The Hall–Kier alpha value is -2.69. The minimum absolute atomic E-state index is 0.0482. The van der Waals surface area contributed by atoms with Crippen LogP contribution in [0, 0.1) is 13.8 Å². The van der Waals surface area contributed by atoms with Gasteiger partial charge in [-0.2, -0.15) is 0 Å². The molecule has 1 amide bonds. The summed E-state index contributed by atoms with van der Waals surface area (Å²) < 4.78 is 5.48. The van der Waals surface area contributed by atoms with Crippen molar-refractivity contribution in [1.82, 2.24) is 10.3 Å². The Morgan fingerprint density at radius 3 is 2.58 bits per heavy atom. The highest BCUT2D eigenvalue weighted by Gasteiger charge is 2.15. The van der Waals surface area contributed by atoms with Crippen LogP contribution in [-0.4, -0.2) is 23.3 Å². The molecule has 0 bridgehead atoms. The van der Waals surface area contributed by atoms with Crippen LogP contribution in [-0.2, 0) is 4.79 Å². The number of carbonyl (C=O) groups is 2. The quantitative estimate of drug-likeness (QED) is 0.729. The van der Waals surface area contributed by atoms with Crippen LogP contribution in [0.5, 0.6) is 5.75 Å². The van der Waals surface area contributed by atoms with E-state index in [4.69, 9.17) is 4.74 Å². The topological polar surface area (TPSA) is 68.3 Å². The number of benzene rings is 1. The largest absolute Gasteiger partial charge is 0.494 e. The van der Waals surface area contributed by atoms with Gasteiger partial charge >= 0.3 is 0 Å². The Bertz CT molecular complexity index is 787. The Kier molecular flexibility index (Phi) is 6.89. The number of rotatable bonds is 8. The molecule has 2 rings (SSSR count). The molecule has 1 aromatic carbocycles. The third-order valence-electron chi connectivity index (χ3n) is 4.21. The average molecular weight is 354 g/mol. The van der Waals surface area contributed by atoms with Crippen molar-refractivity contribution in [3.63, 3.8) is 0 Å². The van der Waals surface area contributed by atoms with Gasteiger partial charge in [-0.25, -0.2) is 0 Å². The maximum atomic E-state index is 12.3. The van der Waals surface area contributed by atoms with Crippen molar-refractivity contribution in [2.75, 3.05) is 6.61 Å². The zero-order valence-corrected chi connectivity index (χ0v) is 15.8. The molecule has 26 heavy (non-hydrogen) atoms. The highest BCUT2D eigenvalue weighted by atomic mass is 16.5. The van der Waals surface area contributed by atoms with Gasteiger partial charge in [0.25, 0.3) is 0 Å². The molecule has 1 atom stereocenters. The van der Waals surface area contributed by atoms with E-state index in [-0.39, 0.29) is 30.6 Å². The molecule has 0 aliphatic carbocycles. The number of amides is 1. The smallest absolute Gasteiger partial charge is 0.220 e. The van der Waals surface area contributed by atoms with Crippen molar-refractivity contribution in [2.45, 2.75) is 46.6 Å². The lowest BCUT2D eigenvalue weighted by molar-refractivity contribution is -0.121. The van der Waals surface area contributed by atoms with Crippen molar-refractivity contribution in [1.29, 1.82) is 0 Å². The Labute approximate surface area is 154 Å². The summed E-state index contributed by atoms with van der Waals surface area (Å²) in [6, 6.07) is 9.00. The Morgan fingerprint density at radius 2 is 1.92 bits per heavy atom. The van der Waals surface area contributed by atoms with Gasteiger partial charge in [-0.15, -0.1) is 0 Å². The number of carbonyl (C=O) groups excluding carboxylic acids is 2. The van der Waals surface area contributed by atoms with Crippen molar-refractivity contribution < 1.29 is 14.3 Å². The molecule has 0 aliphatic heterocycles. The lowest BCUT2D eigenvalue weighted by Gasteiger charge is -2.15. The molecule has 0 saturated carbocycles. The minimum Gasteiger partial charge on any atom is -0.494 e. The Balaban J connectivity index is 1.89. The van der Waals surface area contributed by atoms with E-state index in [1.165, 1.54) is 0 Å². The number of nitrogens with zero attached hydrogens (tertiary/aromatic N) is 1. The van der Waals surface area contributed by atoms with Crippen LogP contribution in [0.3, 0.4) is 0 Å². The van der Waals surface area contributed by atoms with Crippen LogP contribution < -0.4 is 10.1 Å². The van der Waals surface area contributed by atoms with Crippen LogP contribution >= 0.6 is 0 Å². The molecule has 5 nitrogen and oxygen atoms in total. The first-order valence-corrected chi connectivity index (χ1v) is 8.90. The van der Waals surface area contributed by atoms with Crippen molar-refractivity contribution in [2.24, 2.45) is 0 Å². The molecular weight excluding hydrogens is 328 g/mol. The molecule has 0 fully saturated rings. The monoisotopic (exact) mass is 354 g/mol. The third kappa shape index (κ3) is 5.15. The fourth-order valence-electron chi connectivity index (χ4n) is 2.84. The van der Waals surface area contributed by atoms with Gasteiger partial charge in [0.05, 0.1) is 18.3 Å². The van der Waals surface area contributed by atoms with Crippen LogP contribution in [0.4, 0.5) is 0 Å². The van der Waals surface area contributed by atoms with Crippen LogP contribution in [0.15, 0.2) is 36.5 Å². The molecule has 0 unspecified atom stereocenters. The predicted octanol–water partition coefficient (Wildman–Crippen LogP) is 3.94. The number of Topliss-reactive ketones (excluding diaryl/α,β-unsaturated/α-hetero) is 1. The highest BCUT2D eigenvalue weighted by molar-refractivity contribution is 5.98. The van der Waals surface area contributed by atoms with Gasteiger partial charge in [0, 0.05) is 24.6 Å². The van der Waals surface area contributed by atoms with E-state index in [2.05, 4.69) is 10.3 Å². The van der Waals surface area contributed by atoms with E-state index in [1.807, 2.05) is 45.9 Å². The molecule has 2 aromatic rings. The van der Waals surface area contributed by atoms with Gasteiger partial charge in [-0.05, 0) is 63.1 Å². The van der Waals surface area contributed by atoms with Crippen LogP contribution in [0.25, 0.3) is 0 Å². The van der Waals surface area contributed by atoms with Gasteiger partial charge in [0.2, 0.25) is 5.91 Å². The zero-order chi connectivity index (χ0) is 19.1. The first kappa shape index (κ1) is 19.6. The molecule has 0 spiro atoms. The summed E-state index contributed by atoms with van der Waals surface area (Å²) in [4.78, 5) is 28.8. The van der Waals surface area contributed by atoms with Crippen molar-refractivity contribution in [3.8, 4) is 5.75 Å². The summed E-state index contributed by atoms with van der Waals surface area (Å²) >= 11 is 0. The molecule has 0 aliphatic rings. The van der Waals surface area contributed by atoms with Gasteiger partial charge in [0.15, 0.2) is 5.78 Å². The van der Waals surface area contributed by atoms with Gasteiger partial charge < -0.3 is 10.1 Å². The first-order chi connectivity index (χ1) is 12.4. The van der Waals surface area contributed by atoms with Gasteiger partial charge in [-0.1, -0.05) is 6.07 Å². The number of ether oxygens (including phenoxy) is 1. The number of nitrogens with one attached hydrogen (secondary N) is 1. The number of ketones is 1. The molecule has 5 heteroatoms. The van der Waals surface area contributed by atoms with E-state index >= 15 is 0 Å². The normalized spacial score (nSPS) is 11.7. The number of aryl methyl sites for hydroxylation is 2. The number of aromatic nitrogens is 1. The standard InChI is InChI=1S/C21H26N2O3/c1-5-26-19-10-8-17(13-15(19)3)18(24)9-11-20(25)23-16(4)21-14(2)7-6-12-22-21/h6-8,10,12-13,16H,5,9,11H2,1-4H3,(H,23,25)/t16-/m0/s1. The molecular formula is C21H26N2O3. The fraction of sp³-hybridized carbons (Fsp3) is 0.381. The summed E-state index contributed by atoms with van der Waals surface area (Å²) in [5, 5.41) is 2.91. The molecule has 1 N–H and O–H groups in total. The molecule has 0 radical (unpaired) electrons. The van der Waals surface area contributed by atoms with Crippen LogP contribution in [0.2, 0.25) is 0 Å². The molecule has 138 valence electrons. The second-order valence-corrected chi connectivity index (χ2v) is 6.33. The first-order valence-electron chi connectivity index (χ1n) is 8.90. The number of pyridine rings is 1. The van der Waals surface area contributed by atoms with Gasteiger partial charge in [0.1, 0.15) is 5.75 Å². The molecule has 0 saturated heterocycles. The Morgan fingerprint density at radius 1 is 1.15 bits per heavy atom. The lowest BCUT2D eigenvalue weighted by atomic mass is 10.0. The minimum atomic E-state index is -0.188. The fourth-order valence-corrected chi connectivity index (χ4v) is 2.84. The maximum Gasteiger partial charge on any atom is 0.220 e. The van der Waals surface area contributed by atoms with E-state index in [0.29, 0.717) is 12.2 Å². The summed E-state index contributed by atoms with van der Waals surface area (Å²) in [6.45, 7) is 8.27. The highest BCUT2D eigenvalue weighted by Crippen LogP contribution is 2.20. The molecule has 1 aromatic heterocycles. The predicted molar refractivity (Wildman–Crippen MR) is 101 cm³/mol. The SMILES string of the molecule is CCOc1ccc(C(=O)CCC(=O)N[C@@H](C)c2ncccc2C)cc1C. The van der Waals surface area contributed by atoms with E-state index in [0.717, 1.165) is 22.6 Å². The van der Waals surface area contributed by atoms with E-state index in [9.17, 15) is 9.59 Å². The number of hydrogen-bond donors (Lipinski definition) is 1. The summed E-state index contributed by atoms with van der Waals surface area (Å²) in [7, 11) is 0. The number of hydrogen-bond acceptors (Lipinski definition) is 4. The van der Waals surface area contributed by atoms with Gasteiger partial charge in [-0.3, -0.25) is 14.6 Å². The van der Waals surface area contributed by atoms with Crippen LogP contribution in [0.1, 0.15) is 59.9 Å². The lowest BCUT2D eigenvalue weighted by Crippen LogP contribution is -2.28. The second kappa shape index (κ2) is 9.13. The summed E-state index contributed by atoms with van der Waals surface area (Å²) in [5.41, 5.74) is 3.39. The summed E-state index contributed by atoms with van der Waals surface area (Å²) in [6.07, 6.45) is 2.04. The van der Waals surface area contributed by atoms with E-state index < -0.39 is 0 Å². The molecule has 1 heterocycles. The van der Waals surface area contributed by atoms with E-state index in [1.54, 1.807) is 18.3 Å². The maximum absolute atomic E-state index is 12.3. The summed E-state index contributed by atoms with van der Waals surface area (Å²) in [5.74, 6) is 0.577. The zero-order valence-electron chi connectivity index (χ0n) is 15.8. The third-order valence-corrected chi connectivity index (χ3v) is 4.21. The second-order valence-electron chi connectivity index (χ2n) is 6.33. The van der Waals surface area contributed by atoms with Crippen molar-refractivity contribution in [3.05, 3.63) is 58.9 Å².